The number of carbonyl (C=O) groups excluding carboxylic acids is 1. The fourth-order valence-electron chi connectivity index (χ4n) is 1.06. The molecule has 0 fully saturated rings. The van der Waals surface area contributed by atoms with Gasteiger partial charge < -0.3 is 17.2 Å². The SMILES string of the molecule is CC(=O)Nc1cc(F)c(I)cc1CN.N. The van der Waals surface area contributed by atoms with Gasteiger partial charge in [-0.1, -0.05) is 0 Å². The molecule has 15 heavy (non-hydrogen) atoms. The van der Waals surface area contributed by atoms with Crippen LogP contribution in [0.2, 0.25) is 0 Å². The molecule has 0 aliphatic carbocycles. The van der Waals surface area contributed by atoms with Crippen LogP contribution in [0.25, 0.3) is 0 Å². The Morgan fingerprint density at radius 2 is 2.20 bits per heavy atom. The van der Waals surface area contributed by atoms with Gasteiger partial charge in [-0.3, -0.25) is 4.79 Å². The molecule has 0 atom stereocenters. The van der Waals surface area contributed by atoms with Crippen molar-refractivity contribution in [1.29, 1.82) is 0 Å². The molecule has 0 spiro atoms. The monoisotopic (exact) mass is 325 g/mol. The van der Waals surface area contributed by atoms with E-state index in [2.05, 4.69) is 5.32 Å². The highest BCUT2D eigenvalue weighted by Crippen LogP contribution is 2.21. The maximum Gasteiger partial charge on any atom is 0.221 e. The summed E-state index contributed by atoms with van der Waals surface area (Å²) in [6, 6.07) is 2.91. The Balaban J connectivity index is 0.00000196. The summed E-state index contributed by atoms with van der Waals surface area (Å²) < 4.78 is 13.6. The van der Waals surface area contributed by atoms with E-state index in [1.54, 1.807) is 6.07 Å². The molecule has 6 heteroatoms. The molecule has 0 aromatic heterocycles. The summed E-state index contributed by atoms with van der Waals surface area (Å²) in [5.41, 5.74) is 6.64. The van der Waals surface area contributed by atoms with E-state index in [9.17, 15) is 9.18 Å². The Kier molecular flexibility index (Phi) is 5.69. The summed E-state index contributed by atoms with van der Waals surface area (Å²) in [7, 11) is 0. The maximum absolute atomic E-state index is 13.1. The third-order valence-electron chi connectivity index (χ3n) is 1.68. The first kappa shape index (κ1) is 14.3. The van der Waals surface area contributed by atoms with Crippen LogP contribution in [0, 0.1) is 9.39 Å². The number of halogens is 2. The van der Waals surface area contributed by atoms with Gasteiger partial charge in [-0.05, 0) is 40.3 Å². The summed E-state index contributed by atoms with van der Waals surface area (Å²) in [5.74, 6) is -0.591. The van der Waals surface area contributed by atoms with E-state index >= 15 is 0 Å². The molecule has 0 unspecified atom stereocenters. The van der Waals surface area contributed by atoms with Crippen LogP contribution in [0.3, 0.4) is 0 Å². The molecule has 84 valence electrons. The second-order valence-corrected chi connectivity index (χ2v) is 3.97. The zero-order valence-electron chi connectivity index (χ0n) is 8.31. The number of nitrogens with one attached hydrogen (secondary N) is 1. The summed E-state index contributed by atoms with van der Waals surface area (Å²) in [5, 5.41) is 2.53. The van der Waals surface area contributed by atoms with Crippen LogP contribution in [0.5, 0.6) is 0 Å². The van der Waals surface area contributed by atoms with Crippen molar-refractivity contribution in [2.45, 2.75) is 13.5 Å². The van der Waals surface area contributed by atoms with Crippen LogP contribution in [0.1, 0.15) is 12.5 Å². The zero-order valence-corrected chi connectivity index (χ0v) is 10.5. The smallest absolute Gasteiger partial charge is 0.221 e. The number of rotatable bonds is 2. The summed E-state index contributed by atoms with van der Waals surface area (Å²) in [4.78, 5) is 10.8. The van der Waals surface area contributed by atoms with Crippen molar-refractivity contribution in [2.75, 3.05) is 5.32 Å². The standard InChI is InChI=1S/C9H10FIN2O.H3N/c1-5(14)13-9-3-7(10)8(11)2-6(9)4-12;/h2-3H,4,12H2,1H3,(H,13,14);1H3. The highest BCUT2D eigenvalue weighted by Gasteiger charge is 2.07. The second kappa shape index (κ2) is 5.99. The van der Waals surface area contributed by atoms with Gasteiger partial charge in [-0.2, -0.15) is 0 Å². The Morgan fingerprint density at radius 1 is 1.60 bits per heavy atom. The third-order valence-corrected chi connectivity index (χ3v) is 2.50. The summed E-state index contributed by atoms with van der Waals surface area (Å²) in [6.45, 7) is 1.64. The lowest BCUT2D eigenvalue weighted by Crippen LogP contribution is -2.11. The van der Waals surface area contributed by atoms with Gasteiger partial charge in [0.25, 0.3) is 0 Å². The van der Waals surface area contributed by atoms with Crippen LogP contribution in [0.4, 0.5) is 10.1 Å². The molecule has 0 saturated heterocycles. The zero-order chi connectivity index (χ0) is 10.7. The molecular weight excluding hydrogens is 312 g/mol. The normalized spacial score (nSPS) is 9.33. The molecule has 0 radical (unpaired) electrons. The lowest BCUT2D eigenvalue weighted by Gasteiger charge is -2.09. The number of hydrogen-bond acceptors (Lipinski definition) is 3. The van der Waals surface area contributed by atoms with Gasteiger partial charge in [-0.15, -0.1) is 0 Å². The minimum atomic E-state index is -0.355. The Bertz CT molecular complexity index is 371. The van der Waals surface area contributed by atoms with Crippen molar-refractivity contribution in [3.8, 4) is 0 Å². The molecule has 0 aliphatic rings. The van der Waals surface area contributed by atoms with Crippen molar-refractivity contribution >= 4 is 34.2 Å². The van der Waals surface area contributed by atoms with Crippen molar-refractivity contribution in [3.63, 3.8) is 0 Å². The minimum Gasteiger partial charge on any atom is -0.344 e. The number of hydrogen-bond donors (Lipinski definition) is 3. The fraction of sp³-hybridized carbons (Fsp3) is 0.222. The summed E-state index contributed by atoms with van der Waals surface area (Å²) in [6.07, 6.45) is 0. The number of anilines is 1. The van der Waals surface area contributed by atoms with E-state index in [0.29, 0.717) is 9.26 Å². The third kappa shape index (κ3) is 3.73. The van der Waals surface area contributed by atoms with Crippen molar-refractivity contribution in [2.24, 2.45) is 5.73 Å². The predicted molar refractivity (Wildman–Crippen MR) is 66.3 cm³/mol. The lowest BCUT2D eigenvalue weighted by molar-refractivity contribution is -0.114. The largest absolute Gasteiger partial charge is 0.344 e. The van der Waals surface area contributed by atoms with Crippen molar-refractivity contribution in [1.82, 2.24) is 6.15 Å². The van der Waals surface area contributed by atoms with E-state index in [1.165, 1.54) is 13.0 Å². The fourth-order valence-corrected chi connectivity index (χ4v) is 1.59. The Morgan fingerprint density at radius 3 is 2.67 bits per heavy atom. The first-order chi connectivity index (χ1) is 6.54. The number of benzene rings is 1. The summed E-state index contributed by atoms with van der Waals surface area (Å²) >= 11 is 1.88. The number of nitrogens with two attached hydrogens (primary N) is 1. The lowest BCUT2D eigenvalue weighted by atomic mass is 10.1. The van der Waals surface area contributed by atoms with Crippen LogP contribution < -0.4 is 17.2 Å². The molecule has 1 aromatic carbocycles. The molecule has 1 amide bonds. The first-order valence-electron chi connectivity index (χ1n) is 4.00. The van der Waals surface area contributed by atoms with Crippen molar-refractivity contribution in [3.05, 3.63) is 27.1 Å². The van der Waals surface area contributed by atoms with Gasteiger partial charge >= 0.3 is 0 Å². The molecule has 0 aliphatic heterocycles. The van der Waals surface area contributed by atoms with E-state index in [1.807, 2.05) is 22.6 Å². The Hall–Kier alpha value is -0.730. The molecule has 4 nitrogen and oxygen atoms in total. The molecule has 6 N–H and O–H groups in total. The predicted octanol–water partition coefficient (Wildman–Crippen LogP) is 2.01. The van der Waals surface area contributed by atoms with Gasteiger partial charge in [0.15, 0.2) is 0 Å². The van der Waals surface area contributed by atoms with Crippen LogP contribution >= 0.6 is 22.6 Å². The molecule has 1 aromatic rings. The van der Waals surface area contributed by atoms with Crippen molar-refractivity contribution < 1.29 is 9.18 Å². The van der Waals surface area contributed by atoms with Gasteiger partial charge in [0, 0.05) is 22.7 Å². The highest BCUT2D eigenvalue weighted by molar-refractivity contribution is 14.1. The molecule has 0 bridgehead atoms. The highest BCUT2D eigenvalue weighted by atomic mass is 127. The van der Waals surface area contributed by atoms with Gasteiger partial charge in [0.05, 0.1) is 0 Å². The number of amides is 1. The topological polar surface area (TPSA) is 90.1 Å². The quantitative estimate of drug-likeness (QED) is 0.727. The molecule has 0 saturated carbocycles. The van der Waals surface area contributed by atoms with Gasteiger partial charge in [-0.25, -0.2) is 4.39 Å². The van der Waals surface area contributed by atoms with E-state index in [0.717, 1.165) is 5.56 Å². The molecule has 1 rings (SSSR count). The van der Waals surface area contributed by atoms with E-state index in [-0.39, 0.29) is 24.4 Å². The van der Waals surface area contributed by atoms with Crippen LogP contribution in [-0.2, 0) is 11.3 Å². The van der Waals surface area contributed by atoms with Gasteiger partial charge in [0.2, 0.25) is 5.91 Å². The van der Waals surface area contributed by atoms with E-state index in [4.69, 9.17) is 5.73 Å². The van der Waals surface area contributed by atoms with Crippen LogP contribution in [0.15, 0.2) is 12.1 Å². The molecule has 0 heterocycles. The van der Waals surface area contributed by atoms with Gasteiger partial charge in [0.1, 0.15) is 5.82 Å². The molecular formula is C9H13FIN3O. The Labute approximate surface area is 101 Å². The minimum absolute atomic E-state index is 0. The second-order valence-electron chi connectivity index (χ2n) is 2.81. The average Bonchev–Trinajstić information content (AvgIpc) is 2.10. The number of carbonyl (C=O) groups is 1. The maximum atomic E-state index is 13.1. The average molecular weight is 325 g/mol. The van der Waals surface area contributed by atoms with Crippen LogP contribution in [-0.4, -0.2) is 5.91 Å². The first-order valence-corrected chi connectivity index (χ1v) is 5.08. The van der Waals surface area contributed by atoms with E-state index < -0.39 is 0 Å².